The predicted molar refractivity (Wildman–Crippen MR) is 194 cm³/mol. The van der Waals surface area contributed by atoms with Gasteiger partial charge < -0.3 is 9.47 Å². The molecule has 0 saturated heterocycles. The first-order valence-electron chi connectivity index (χ1n) is 15.7. The molecule has 0 fully saturated rings. The lowest BCUT2D eigenvalue weighted by atomic mass is 10.0. The van der Waals surface area contributed by atoms with Gasteiger partial charge in [-0.3, -0.25) is 0 Å². The third kappa shape index (κ3) is 5.38. The summed E-state index contributed by atoms with van der Waals surface area (Å²) >= 11 is 0. The molecule has 218 valence electrons. The maximum absolute atomic E-state index is 2.31. The van der Waals surface area contributed by atoms with Crippen LogP contribution in [0, 0.1) is 0 Å². The van der Waals surface area contributed by atoms with Crippen molar-refractivity contribution in [1.82, 2.24) is 4.57 Å². The molecule has 0 aliphatic rings. The minimum absolute atomic E-state index is 1.12. The van der Waals surface area contributed by atoms with E-state index in [1.54, 1.807) is 0 Å². The Hall–Kier alpha value is -6.12. The van der Waals surface area contributed by atoms with Crippen LogP contribution in [0.3, 0.4) is 0 Å². The number of rotatable bonds is 7. The highest BCUT2D eigenvalue weighted by Crippen LogP contribution is 2.37. The van der Waals surface area contributed by atoms with Gasteiger partial charge in [-0.1, -0.05) is 127 Å². The van der Waals surface area contributed by atoms with Crippen LogP contribution < -0.4 is 4.90 Å². The van der Waals surface area contributed by atoms with E-state index in [1.165, 1.54) is 44.3 Å². The van der Waals surface area contributed by atoms with Crippen molar-refractivity contribution in [3.63, 3.8) is 0 Å². The van der Waals surface area contributed by atoms with Crippen LogP contribution in [0.5, 0.6) is 0 Å². The van der Waals surface area contributed by atoms with Gasteiger partial charge >= 0.3 is 0 Å². The molecule has 8 rings (SSSR count). The SMILES string of the molecule is c1ccc(-c2ccc(N(c3ccccc3)c3ccc(-c4ccc5ccn(-c6ccc(-c7ccccc7)cc6)c5c4)cc3)cc2)cc1. The van der Waals surface area contributed by atoms with Crippen molar-refractivity contribution in [1.29, 1.82) is 0 Å². The summed E-state index contributed by atoms with van der Waals surface area (Å²) in [5.74, 6) is 0. The molecule has 0 aliphatic heterocycles. The summed E-state index contributed by atoms with van der Waals surface area (Å²) in [6.07, 6.45) is 2.16. The fourth-order valence-electron chi connectivity index (χ4n) is 6.24. The van der Waals surface area contributed by atoms with Crippen molar-refractivity contribution in [2.75, 3.05) is 4.90 Å². The van der Waals surface area contributed by atoms with Crippen LogP contribution in [0.4, 0.5) is 17.1 Å². The first-order chi connectivity index (χ1) is 22.8. The van der Waals surface area contributed by atoms with Crippen LogP contribution >= 0.6 is 0 Å². The van der Waals surface area contributed by atoms with E-state index in [1.807, 2.05) is 0 Å². The standard InChI is InChI=1S/C44H32N2/c1-4-10-33(11-5-1)35-18-24-40(25-19-35)45-31-30-38-16-17-39(32-44(38)45)37-22-28-43(29-23-37)46(41-14-8-3-9-15-41)42-26-20-36(21-27-42)34-12-6-2-7-13-34/h1-32H. The van der Waals surface area contributed by atoms with E-state index < -0.39 is 0 Å². The molecule has 1 aromatic heterocycles. The van der Waals surface area contributed by atoms with Crippen molar-refractivity contribution in [2.45, 2.75) is 0 Å². The van der Waals surface area contributed by atoms with Gasteiger partial charge in [0.25, 0.3) is 0 Å². The second-order valence-corrected chi connectivity index (χ2v) is 11.5. The fraction of sp³-hybridized carbons (Fsp3) is 0. The average molecular weight is 589 g/mol. The van der Waals surface area contributed by atoms with Crippen LogP contribution in [0.1, 0.15) is 0 Å². The summed E-state index contributed by atoms with van der Waals surface area (Å²) in [4.78, 5) is 2.31. The van der Waals surface area contributed by atoms with E-state index in [9.17, 15) is 0 Å². The van der Waals surface area contributed by atoms with E-state index in [4.69, 9.17) is 0 Å². The summed E-state index contributed by atoms with van der Waals surface area (Å²) in [7, 11) is 0. The zero-order valence-electron chi connectivity index (χ0n) is 25.4. The molecular weight excluding hydrogens is 556 g/mol. The first-order valence-corrected chi connectivity index (χ1v) is 15.7. The predicted octanol–water partition coefficient (Wildman–Crippen LogP) is 12.1. The normalized spacial score (nSPS) is 11.0. The van der Waals surface area contributed by atoms with Crippen molar-refractivity contribution in [2.24, 2.45) is 0 Å². The Labute approximate surface area is 270 Å². The molecule has 2 heteroatoms. The molecule has 8 aromatic rings. The van der Waals surface area contributed by atoms with E-state index in [-0.39, 0.29) is 0 Å². The molecule has 0 bridgehead atoms. The van der Waals surface area contributed by atoms with Gasteiger partial charge in [-0.15, -0.1) is 0 Å². The zero-order chi connectivity index (χ0) is 30.7. The maximum Gasteiger partial charge on any atom is 0.0534 e. The van der Waals surface area contributed by atoms with Gasteiger partial charge in [0, 0.05) is 28.9 Å². The van der Waals surface area contributed by atoms with Crippen LogP contribution in [-0.2, 0) is 0 Å². The topological polar surface area (TPSA) is 8.17 Å². The molecule has 1 heterocycles. The Balaban J connectivity index is 1.10. The number of hydrogen-bond acceptors (Lipinski definition) is 1. The van der Waals surface area contributed by atoms with Crippen LogP contribution in [-0.4, -0.2) is 4.57 Å². The van der Waals surface area contributed by atoms with Crippen molar-refractivity contribution in [3.8, 4) is 39.1 Å². The van der Waals surface area contributed by atoms with Gasteiger partial charge in [-0.25, -0.2) is 0 Å². The minimum Gasteiger partial charge on any atom is -0.317 e. The molecule has 0 saturated carbocycles. The number of anilines is 3. The molecule has 0 amide bonds. The molecule has 0 unspecified atom stereocenters. The lowest BCUT2D eigenvalue weighted by molar-refractivity contribution is 1.13. The quantitative estimate of drug-likeness (QED) is 0.180. The Bertz CT molecular complexity index is 2200. The number of fused-ring (bicyclic) bond motifs is 1. The van der Waals surface area contributed by atoms with Crippen molar-refractivity contribution in [3.05, 3.63) is 194 Å². The molecule has 0 spiro atoms. The van der Waals surface area contributed by atoms with Crippen molar-refractivity contribution < 1.29 is 0 Å². The number of para-hydroxylation sites is 1. The fourth-order valence-corrected chi connectivity index (χ4v) is 6.24. The molecule has 0 aliphatic carbocycles. The molecular formula is C44H32N2. The average Bonchev–Trinajstić information content (AvgIpc) is 3.57. The van der Waals surface area contributed by atoms with Gasteiger partial charge in [-0.2, -0.15) is 0 Å². The summed E-state index contributed by atoms with van der Waals surface area (Å²) in [5, 5.41) is 1.22. The lowest BCUT2D eigenvalue weighted by Crippen LogP contribution is -2.09. The number of nitrogens with zero attached hydrogens (tertiary/aromatic N) is 2. The molecule has 0 radical (unpaired) electrons. The Morgan fingerprint density at radius 2 is 0.739 bits per heavy atom. The third-order valence-electron chi connectivity index (χ3n) is 8.65. The molecule has 2 nitrogen and oxygen atoms in total. The van der Waals surface area contributed by atoms with Gasteiger partial charge in [0.15, 0.2) is 0 Å². The number of hydrogen-bond donors (Lipinski definition) is 0. The largest absolute Gasteiger partial charge is 0.317 e. The van der Waals surface area contributed by atoms with Crippen molar-refractivity contribution >= 4 is 28.0 Å². The zero-order valence-corrected chi connectivity index (χ0v) is 25.4. The van der Waals surface area contributed by atoms with E-state index in [0.717, 1.165) is 22.7 Å². The Kier molecular flexibility index (Phi) is 7.22. The second-order valence-electron chi connectivity index (χ2n) is 11.5. The van der Waals surface area contributed by atoms with Crippen LogP contribution in [0.25, 0.3) is 50.0 Å². The highest BCUT2D eigenvalue weighted by atomic mass is 15.1. The molecule has 0 N–H and O–H groups in total. The van der Waals surface area contributed by atoms with E-state index in [0.29, 0.717) is 0 Å². The summed E-state index contributed by atoms with van der Waals surface area (Å²) < 4.78 is 2.28. The Morgan fingerprint density at radius 3 is 1.28 bits per heavy atom. The van der Waals surface area contributed by atoms with Crippen LogP contribution in [0.2, 0.25) is 0 Å². The third-order valence-corrected chi connectivity index (χ3v) is 8.65. The second kappa shape index (κ2) is 12.1. The van der Waals surface area contributed by atoms with Gasteiger partial charge in [-0.05, 0) is 99.4 Å². The summed E-state index contributed by atoms with van der Waals surface area (Å²) in [6, 6.07) is 67.1. The maximum atomic E-state index is 2.31. The smallest absolute Gasteiger partial charge is 0.0534 e. The number of benzene rings is 7. The Morgan fingerprint density at radius 1 is 0.326 bits per heavy atom. The van der Waals surface area contributed by atoms with Gasteiger partial charge in [0.2, 0.25) is 0 Å². The summed E-state index contributed by atoms with van der Waals surface area (Å²) in [5.41, 5.74) is 13.0. The van der Waals surface area contributed by atoms with Gasteiger partial charge in [0.05, 0.1) is 5.52 Å². The monoisotopic (exact) mass is 588 g/mol. The first kappa shape index (κ1) is 27.4. The molecule has 46 heavy (non-hydrogen) atoms. The van der Waals surface area contributed by atoms with E-state index >= 15 is 0 Å². The highest BCUT2D eigenvalue weighted by Gasteiger charge is 2.13. The lowest BCUT2D eigenvalue weighted by Gasteiger charge is -2.26. The molecule has 0 atom stereocenters. The van der Waals surface area contributed by atoms with Crippen LogP contribution in [0.15, 0.2) is 194 Å². The van der Waals surface area contributed by atoms with Gasteiger partial charge in [0.1, 0.15) is 0 Å². The highest BCUT2D eigenvalue weighted by molar-refractivity contribution is 5.88. The minimum atomic E-state index is 1.12. The number of aromatic nitrogens is 1. The molecule has 7 aromatic carbocycles. The van der Waals surface area contributed by atoms with E-state index in [2.05, 4.69) is 204 Å². The summed E-state index contributed by atoms with van der Waals surface area (Å²) in [6.45, 7) is 0.